The van der Waals surface area contributed by atoms with E-state index in [9.17, 15) is 13.2 Å². The number of hydrogen-bond acceptors (Lipinski definition) is 4. The molecule has 1 N–H and O–H groups in total. The number of hydrogen-bond donors (Lipinski definition) is 1. The first kappa shape index (κ1) is 17.0. The van der Waals surface area contributed by atoms with Gasteiger partial charge in [-0.05, 0) is 31.0 Å². The van der Waals surface area contributed by atoms with Crippen LogP contribution in [0.3, 0.4) is 0 Å². The van der Waals surface area contributed by atoms with E-state index < -0.39 is 11.9 Å². The van der Waals surface area contributed by atoms with Gasteiger partial charge in [0.15, 0.2) is 5.69 Å². The monoisotopic (exact) mass is 357 g/mol. The van der Waals surface area contributed by atoms with Crippen molar-refractivity contribution in [2.24, 2.45) is 0 Å². The predicted octanol–water partition coefficient (Wildman–Crippen LogP) is 4.41. The quantitative estimate of drug-likeness (QED) is 0.880. The van der Waals surface area contributed by atoms with E-state index >= 15 is 0 Å². The molecule has 2 aromatic rings. The number of nitrogens with zero attached hydrogens (tertiary/aromatic N) is 2. The Morgan fingerprint density at radius 2 is 1.96 bits per heavy atom. The van der Waals surface area contributed by atoms with Crippen molar-refractivity contribution in [1.29, 1.82) is 0 Å². The molecule has 128 valence electrons. The summed E-state index contributed by atoms with van der Waals surface area (Å²) in [6.07, 6.45) is -2.76. The number of nitrogens with one attached hydrogen (secondary N) is 1. The third kappa shape index (κ3) is 4.15. The van der Waals surface area contributed by atoms with Crippen molar-refractivity contribution < 1.29 is 17.9 Å². The molecule has 0 unspecified atom stereocenters. The van der Waals surface area contributed by atoms with Gasteiger partial charge in [0.2, 0.25) is 5.95 Å². The molecular formula is C16H15ClF3N3O. The summed E-state index contributed by atoms with van der Waals surface area (Å²) >= 11 is 5.82. The average Bonchev–Trinajstić information content (AvgIpc) is 3.06. The summed E-state index contributed by atoms with van der Waals surface area (Å²) in [5.74, 6) is -0.0646. The van der Waals surface area contributed by atoms with E-state index in [0.717, 1.165) is 18.9 Å². The Balaban J connectivity index is 1.89. The van der Waals surface area contributed by atoms with Gasteiger partial charge < -0.3 is 10.1 Å². The molecule has 1 aromatic carbocycles. The maximum Gasteiger partial charge on any atom is 0.433 e. The van der Waals surface area contributed by atoms with Crippen LogP contribution in [0.15, 0.2) is 30.3 Å². The lowest BCUT2D eigenvalue weighted by Gasteiger charge is -2.14. The van der Waals surface area contributed by atoms with Gasteiger partial charge in [0.25, 0.3) is 0 Å². The minimum atomic E-state index is -4.55. The van der Waals surface area contributed by atoms with Gasteiger partial charge in [0.1, 0.15) is 0 Å². The molecule has 3 rings (SSSR count). The second-order valence-corrected chi connectivity index (χ2v) is 5.92. The zero-order valence-corrected chi connectivity index (χ0v) is 13.4. The van der Waals surface area contributed by atoms with Crippen molar-refractivity contribution in [3.8, 4) is 11.3 Å². The van der Waals surface area contributed by atoms with Gasteiger partial charge in [-0.1, -0.05) is 23.7 Å². The summed E-state index contributed by atoms with van der Waals surface area (Å²) in [4.78, 5) is 7.77. The van der Waals surface area contributed by atoms with Crippen LogP contribution in [-0.2, 0) is 10.9 Å². The molecule has 0 radical (unpaired) electrons. The molecule has 1 fully saturated rings. The smallest absolute Gasteiger partial charge is 0.376 e. The van der Waals surface area contributed by atoms with E-state index in [-0.39, 0.29) is 17.7 Å². The van der Waals surface area contributed by atoms with E-state index in [0.29, 0.717) is 23.7 Å². The van der Waals surface area contributed by atoms with E-state index in [1.54, 1.807) is 24.3 Å². The Hall–Kier alpha value is -1.86. The second kappa shape index (κ2) is 6.94. The van der Waals surface area contributed by atoms with E-state index in [2.05, 4.69) is 15.3 Å². The summed E-state index contributed by atoms with van der Waals surface area (Å²) in [7, 11) is 0. The molecule has 8 heteroatoms. The number of benzene rings is 1. The maximum absolute atomic E-state index is 13.1. The fourth-order valence-corrected chi connectivity index (χ4v) is 2.58. The zero-order valence-electron chi connectivity index (χ0n) is 12.6. The first-order valence-corrected chi connectivity index (χ1v) is 7.87. The van der Waals surface area contributed by atoms with Crippen LogP contribution in [0.25, 0.3) is 11.3 Å². The largest absolute Gasteiger partial charge is 0.433 e. The molecule has 1 saturated heterocycles. The molecule has 1 atom stereocenters. The van der Waals surface area contributed by atoms with Crippen LogP contribution in [0, 0.1) is 0 Å². The number of halogens is 4. The van der Waals surface area contributed by atoms with E-state index in [1.807, 2.05) is 0 Å². The summed E-state index contributed by atoms with van der Waals surface area (Å²) in [5.41, 5.74) is -0.270. The molecule has 0 saturated carbocycles. The molecule has 1 aliphatic heterocycles. The highest BCUT2D eigenvalue weighted by Crippen LogP contribution is 2.31. The standard InChI is InChI=1S/C16H15ClF3N3O/c17-11-5-3-10(4-6-11)13-8-14(16(18,19)20)23-15(22-13)21-9-12-2-1-7-24-12/h3-6,8,12H,1-2,7,9H2,(H,21,22,23)/t12-/m0/s1. The Bertz CT molecular complexity index is 701. The minimum Gasteiger partial charge on any atom is -0.376 e. The Labute approximate surface area is 142 Å². The number of aromatic nitrogens is 2. The van der Waals surface area contributed by atoms with E-state index in [4.69, 9.17) is 16.3 Å². The summed E-state index contributed by atoms with van der Waals surface area (Å²) in [5, 5.41) is 3.35. The van der Waals surface area contributed by atoms with Gasteiger partial charge in [-0.15, -0.1) is 0 Å². The Morgan fingerprint density at radius 3 is 2.58 bits per heavy atom. The SMILES string of the molecule is FC(F)(F)c1cc(-c2ccc(Cl)cc2)nc(NC[C@@H]2CCCO2)n1. The van der Waals surface area contributed by atoms with Crippen LogP contribution in [0.5, 0.6) is 0 Å². The van der Waals surface area contributed by atoms with Gasteiger partial charge in [-0.3, -0.25) is 0 Å². The van der Waals surface area contributed by atoms with Crippen molar-refractivity contribution in [2.75, 3.05) is 18.5 Å². The van der Waals surface area contributed by atoms with E-state index in [1.165, 1.54) is 0 Å². The number of ether oxygens (including phenoxy) is 1. The molecule has 2 heterocycles. The van der Waals surface area contributed by atoms with Crippen molar-refractivity contribution in [3.05, 3.63) is 41.0 Å². The third-order valence-corrected chi connectivity index (χ3v) is 3.92. The molecule has 4 nitrogen and oxygen atoms in total. The summed E-state index contributed by atoms with van der Waals surface area (Å²) in [6.45, 7) is 1.05. The summed E-state index contributed by atoms with van der Waals surface area (Å²) < 4.78 is 44.8. The van der Waals surface area contributed by atoms with Crippen molar-refractivity contribution >= 4 is 17.5 Å². The first-order chi connectivity index (χ1) is 11.4. The van der Waals surface area contributed by atoms with Gasteiger partial charge in [-0.25, -0.2) is 9.97 Å². The minimum absolute atomic E-state index is 0.0258. The van der Waals surface area contributed by atoms with Gasteiger partial charge in [0.05, 0.1) is 11.8 Å². The second-order valence-electron chi connectivity index (χ2n) is 5.48. The molecule has 0 aliphatic carbocycles. The lowest BCUT2D eigenvalue weighted by atomic mass is 10.1. The lowest BCUT2D eigenvalue weighted by molar-refractivity contribution is -0.141. The molecule has 0 bridgehead atoms. The fourth-order valence-electron chi connectivity index (χ4n) is 2.45. The molecular weight excluding hydrogens is 343 g/mol. The lowest BCUT2D eigenvalue weighted by Crippen LogP contribution is -2.21. The Kier molecular flexibility index (Phi) is 4.91. The van der Waals surface area contributed by atoms with Crippen LogP contribution < -0.4 is 5.32 Å². The average molecular weight is 358 g/mol. The van der Waals surface area contributed by atoms with Crippen LogP contribution in [0.4, 0.5) is 19.1 Å². The van der Waals surface area contributed by atoms with Crippen LogP contribution in [-0.4, -0.2) is 29.2 Å². The van der Waals surface area contributed by atoms with Gasteiger partial charge in [-0.2, -0.15) is 13.2 Å². The topological polar surface area (TPSA) is 47.0 Å². The molecule has 0 amide bonds. The number of anilines is 1. The first-order valence-electron chi connectivity index (χ1n) is 7.49. The fraction of sp³-hybridized carbons (Fsp3) is 0.375. The normalized spacial score (nSPS) is 17.9. The zero-order chi connectivity index (χ0) is 17.2. The third-order valence-electron chi connectivity index (χ3n) is 3.67. The van der Waals surface area contributed by atoms with Crippen LogP contribution >= 0.6 is 11.6 Å². The molecule has 24 heavy (non-hydrogen) atoms. The Morgan fingerprint density at radius 1 is 1.21 bits per heavy atom. The van der Waals surface area contributed by atoms with Crippen LogP contribution in [0.1, 0.15) is 18.5 Å². The number of alkyl halides is 3. The van der Waals surface area contributed by atoms with Crippen LogP contribution in [0.2, 0.25) is 5.02 Å². The number of rotatable bonds is 4. The van der Waals surface area contributed by atoms with Crippen molar-refractivity contribution in [1.82, 2.24) is 9.97 Å². The highest BCUT2D eigenvalue weighted by Gasteiger charge is 2.34. The predicted molar refractivity (Wildman–Crippen MR) is 84.9 cm³/mol. The summed E-state index contributed by atoms with van der Waals surface area (Å²) in [6, 6.07) is 7.38. The molecule has 1 aromatic heterocycles. The van der Waals surface area contributed by atoms with Gasteiger partial charge >= 0.3 is 6.18 Å². The van der Waals surface area contributed by atoms with Gasteiger partial charge in [0, 0.05) is 23.7 Å². The van der Waals surface area contributed by atoms with Crippen molar-refractivity contribution in [2.45, 2.75) is 25.1 Å². The highest BCUT2D eigenvalue weighted by molar-refractivity contribution is 6.30. The molecule has 1 aliphatic rings. The maximum atomic E-state index is 13.1. The molecule has 0 spiro atoms. The highest BCUT2D eigenvalue weighted by atomic mass is 35.5. The van der Waals surface area contributed by atoms with Crippen molar-refractivity contribution in [3.63, 3.8) is 0 Å².